The molecule has 0 heterocycles. The Bertz CT molecular complexity index is 887. The number of methoxy groups -OCH3 is 1. The van der Waals surface area contributed by atoms with Crippen LogP contribution < -0.4 is 14.8 Å². The standard InChI is InChI=1S/C21H24Cl2N2O4/c1-13(2)12-29-18-8-5-14(9-19(18)28-4)21(27)25(3)11-20(26)24-15-6-7-16(22)17(23)10-15/h5-10,13H,11-12H2,1-4H3,(H,24,26). The van der Waals surface area contributed by atoms with E-state index in [0.29, 0.717) is 45.3 Å². The Hall–Kier alpha value is -2.44. The molecule has 0 atom stereocenters. The first-order valence-electron chi connectivity index (χ1n) is 9.02. The Labute approximate surface area is 180 Å². The third-order valence-corrected chi connectivity index (χ3v) is 4.65. The lowest BCUT2D eigenvalue weighted by Gasteiger charge is -2.18. The fourth-order valence-electron chi connectivity index (χ4n) is 2.46. The lowest BCUT2D eigenvalue weighted by atomic mass is 10.1. The zero-order valence-corrected chi connectivity index (χ0v) is 18.3. The lowest BCUT2D eigenvalue weighted by Crippen LogP contribution is -2.34. The molecule has 2 rings (SSSR count). The highest BCUT2D eigenvalue weighted by Gasteiger charge is 2.18. The van der Waals surface area contributed by atoms with E-state index in [1.165, 1.54) is 12.0 Å². The van der Waals surface area contributed by atoms with Crippen molar-refractivity contribution in [2.24, 2.45) is 5.92 Å². The molecule has 0 aliphatic carbocycles. The molecular weight excluding hydrogens is 415 g/mol. The number of benzene rings is 2. The second-order valence-electron chi connectivity index (χ2n) is 6.91. The van der Waals surface area contributed by atoms with Crippen LogP contribution in [0.15, 0.2) is 36.4 Å². The molecule has 29 heavy (non-hydrogen) atoms. The second kappa shape index (κ2) is 10.4. The topological polar surface area (TPSA) is 67.9 Å². The maximum atomic E-state index is 12.7. The number of nitrogens with zero attached hydrogens (tertiary/aromatic N) is 1. The number of carbonyl (C=O) groups excluding carboxylic acids is 2. The summed E-state index contributed by atoms with van der Waals surface area (Å²) >= 11 is 11.8. The molecule has 8 heteroatoms. The van der Waals surface area contributed by atoms with Crippen LogP contribution in [0.1, 0.15) is 24.2 Å². The van der Waals surface area contributed by atoms with Gasteiger partial charge in [0.25, 0.3) is 5.91 Å². The van der Waals surface area contributed by atoms with E-state index in [4.69, 9.17) is 32.7 Å². The summed E-state index contributed by atoms with van der Waals surface area (Å²) < 4.78 is 11.0. The molecule has 0 bridgehead atoms. The first kappa shape index (κ1) is 22.8. The van der Waals surface area contributed by atoms with Gasteiger partial charge in [-0.1, -0.05) is 37.0 Å². The minimum absolute atomic E-state index is 0.132. The van der Waals surface area contributed by atoms with Gasteiger partial charge in [-0.3, -0.25) is 9.59 Å². The van der Waals surface area contributed by atoms with Crippen molar-refractivity contribution in [3.05, 3.63) is 52.0 Å². The number of anilines is 1. The monoisotopic (exact) mass is 438 g/mol. The molecule has 0 fully saturated rings. The number of hydrogen-bond donors (Lipinski definition) is 1. The Morgan fingerprint density at radius 1 is 1.07 bits per heavy atom. The Balaban J connectivity index is 2.03. The van der Waals surface area contributed by atoms with Crippen molar-refractivity contribution < 1.29 is 19.1 Å². The molecule has 2 amide bonds. The van der Waals surface area contributed by atoms with Gasteiger partial charge in [0.2, 0.25) is 5.91 Å². The highest BCUT2D eigenvalue weighted by Crippen LogP contribution is 2.29. The quantitative estimate of drug-likeness (QED) is 0.645. The summed E-state index contributed by atoms with van der Waals surface area (Å²) in [6.07, 6.45) is 0. The minimum atomic E-state index is -0.358. The summed E-state index contributed by atoms with van der Waals surface area (Å²) in [5.74, 6) is 0.718. The molecular formula is C21H24Cl2N2O4. The molecule has 0 aliphatic rings. The first-order chi connectivity index (χ1) is 13.7. The normalized spacial score (nSPS) is 10.6. The first-order valence-corrected chi connectivity index (χ1v) is 9.78. The zero-order chi connectivity index (χ0) is 21.6. The lowest BCUT2D eigenvalue weighted by molar-refractivity contribution is -0.116. The molecule has 0 spiro atoms. The third-order valence-electron chi connectivity index (χ3n) is 3.91. The minimum Gasteiger partial charge on any atom is -0.493 e. The predicted molar refractivity (Wildman–Crippen MR) is 115 cm³/mol. The van der Waals surface area contributed by atoms with E-state index in [-0.39, 0.29) is 18.4 Å². The van der Waals surface area contributed by atoms with Crippen LogP contribution in [0, 0.1) is 5.92 Å². The summed E-state index contributed by atoms with van der Waals surface area (Å²) in [7, 11) is 3.06. The van der Waals surface area contributed by atoms with Crippen molar-refractivity contribution in [2.75, 3.05) is 32.6 Å². The van der Waals surface area contributed by atoms with Crippen molar-refractivity contribution in [2.45, 2.75) is 13.8 Å². The number of amides is 2. The third kappa shape index (κ3) is 6.54. The maximum Gasteiger partial charge on any atom is 0.254 e. The maximum absolute atomic E-state index is 12.7. The van der Waals surface area contributed by atoms with Crippen molar-refractivity contribution in [1.82, 2.24) is 4.90 Å². The Morgan fingerprint density at radius 3 is 2.41 bits per heavy atom. The molecule has 0 unspecified atom stereocenters. The smallest absolute Gasteiger partial charge is 0.254 e. The van der Waals surface area contributed by atoms with Crippen molar-refractivity contribution in [3.8, 4) is 11.5 Å². The van der Waals surface area contributed by atoms with E-state index < -0.39 is 0 Å². The van der Waals surface area contributed by atoms with Gasteiger partial charge < -0.3 is 19.7 Å². The highest BCUT2D eigenvalue weighted by molar-refractivity contribution is 6.42. The van der Waals surface area contributed by atoms with E-state index in [0.717, 1.165) is 0 Å². The molecule has 0 saturated heterocycles. The molecule has 0 aromatic heterocycles. The summed E-state index contributed by atoms with van der Waals surface area (Å²) in [4.78, 5) is 26.3. The van der Waals surface area contributed by atoms with Gasteiger partial charge >= 0.3 is 0 Å². The average Bonchev–Trinajstić information content (AvgIpc) is 2.68. The predicted octanol–water partition coefficient (Wildman–Crippen LogP) is 4.75. The molecule has 0 saturated carbocycles. The van der Waals surface area contributed by atoms with Crippen LogP contribution in [-0.4, -0.2) is 44.0 Å². The molecule has 0 aliphatic heterocycles. The van der Waals surface area contributed by atoms with Crippen LogP contribution in [-0.2, 0) is 4.79 Å². The number of ether oxygens (including phenoxy) is 2. The fourth-order valence-corrected chi connectivity index (χ4v) is 2.76. The van der Waals surface area contributed by atoms with Gasteiger partial charge in [-0.2, -0.15) is 0 Å². The Kier molecular flexibility index (Phi) is 8.17. The van der Waals surface area contributed by atoms with Gasteiger partial charge in [-0.05, 0) is 42.3 Å². The molecule has 156 valence electrons. The van der Waals surface area contributed by atoms with E-state index in [9.17, 15) is 9.59 Å². The van der Waals surface area contributed by atoms with Crippen LogP contribution in [0.2, 0.25) is 10.0 Å². The summed E-state index contributed by atoms with van der Waals surface area (Å²) in [5.41, 5.74) is 0.891. The van der Waals surface area contributed by atoms with Gasteiger partial charge in [-0.25, -0.2) is 0 Å². The number of rotatable bonds is 8. The van der Waals surface area contributed by atoms with Crippen LogP contribution in [0.25, 0.3) is 0 Å². The largest absolute Gasteiger partial charge is 0.493 e. The molecule has 1 N–H and O–H groups in total. The molecule has 2 aromatic carbocycles. The van der Waals surface area contributed by atoms with Gasteiger partial charge in [0, 0.05) is 18.3 Å². The molecule has 0 radical (unpaired) electrons. The van der Waals surface area contributed by atoms with Gasteiger partial charge in [0.15, 0.2) is 11.5 Å². The van der Waals surface area contributed by atoms with Gasteiger partial charge in [0.1, 0.15) is 0 Å². The van der Waals surface area contributed by atoms with E-state index in [1.54, 1.807) is 43.4 Å². The summed E-state index contributed by atoms with van der Waals surface area (Å²) in [6, 6.07) is 9.71. The van der Waals surface area contributed by atoms with Gasteiger partial charge in [0.05, 0.1) is 30.3 Å². The zero-order valence-electron chi connectivity index (χ0n) is 16.8. The Morgan fingerprint density at radius 2 is 1.79 bits per heavy atom. The summed E-state index contributed by atoms with van der Waals surface area (Å²) in [6.45, 7) is 4.50. The highest BCUT2D eigenvalue weighted by atomic mass is 35.5. The van der Waals surface area contributed by atoms with Crippen molar-refractivity contribution in [3.63, 3.8) is 0 Å². The van der Waals surface area contributed by atoms with E-state index in [1.807, 2.05) is 13.8 Å². The number of carbonyl (C=O) groups is 2. The number of halogens is 2. The van der Waals surface area contributed by atoms with Crippen LogP contribution in [0.4, 0.5) is 5.69 Å². The van der Waals surface area contributed by atoms with Crippen molar-refractivity contribution in [1.29, 1.82) is 0 Å². The van der Waals surface area contributed by atoms with E-state index >= 15 is 0 Å². The van der Waals surface area contributed by atoms with Crippen LogP contribution in [0.3, 0.4) is 0 Å². The fraction of sp³-hybridized carbons (Fsp3) is 0.333. The van der Waals surface area contributed by atoms with Crippen LogP contribution in [0.5, 0.6) is 11.5 Å². The number of hydrogen-bond acceptors (Lipinski definition) is 4. The number of nitrogens with one attached hydrogen (secondary N) is 1. The average molecular weight is 439 g/mol. The summed E-state index contributed by atoms with van der Waals surface area (Å²) in [5, 5.41) is 3.41. The molecule has 2 aromatic rings. The number of likely N-dealkylation sites (N-methyl/N-ethyl adjacent to an activating group) is 1. The second-order valence-corrected chi connectivity index (χ2v) is 7.72. The van der Waals surface area contributed by atoms with E-state index in [2.05, 4.69) is 5.32 Å². The van der Waals surface area contributed by atoms with Crippen molar-refractivity contribution >= 4 is 40.7 Å². The van der Waals surface area contributed by atoms with Crippen LogP contribution >= 0.6 is 23.2 Å². The van der Waals surface area contributed by atoms with Gasteiger partial charge in [-0.15, -0.1) is 0 Å². The SMILES string of the molecule is COc1cc(C(=O)N(C)CC(=O)Nc2ccc(Cl)c(Cl)c2)ccc1OCC(C)C. The molecule has 6 nitrogen and oxygen atoms in total.